The van der Waals surface area contributed by atoms with Crippen molar-refractivity contribution < 1.29 is 0 Å². The lowest BCUT2D eigenvalue weighted by Gasteiger charge is -2.13. The molecular weight excluding hydrogens is 436 g/mol. The third-order valence-corrected chi connectivity index (χ3v) is 5.37. The van der Waals surface area contributed by atoms with Crippen LogP contribution in [0.4, 0.5) is 0 Å². The minimum atomic E-state index is 0.755. The van der Waals surface area contributed by atoms with E-state index >= 15 is 0 Å². The lowest BCUT2D eigenvalue weighted by atomic mass is 9.93. The first-order valence-electron chi connectivity index (χ1n) is 13.2. The number of aryl methyl sites for hydroxylation is 2. The van der Waals surface area contributed by atoms with Crippen LogP contribution in [0.2, 0.25) is 0 Å². The van der Waals surface area contributed by atoms with Crippen molar-refractivity contribution >= 4 is 11.5 Å². The van der Waals surface area contributed by atoms with Crippen molar-refractivity contribution in [3.8, 4) is 0 Å². The van der Waals surface area contributed by atoms with E-state index in [0.717, 1.165) is 53.9 Å². The van der Waals surface area contributed by atoms with Gasteiger partial charge in [-0.05, 0) is 57.6 Å². The Morgan fingerprint density at radius 1 is 0.917 bits per heavy atom. The maximum Gasteiger partial charge on any atom is 0.120 e. The molecule has 2 aromatic carbocycles. The fraction of sp³-hybridized carbons (Fsp3) is 0.353. The summed E-state index contributed by atoms with van der Waals surface area (Å²) in [7, 11) is 1.75. The van der Waals surface area contributed by atoms with Gasteiger partial charge in [-0.3, -0.25) is 4.99 Å². The van der Waals surface area contributed by atoms with Crippen molar-refractivity contribution in [2.24, 2.45) is 9.98 Å². The van der Waals surface area contributed by atoms with Crippen molar-refractivity contribution in [3.05, 3.63) is 119 Å². The van der Waals surface area contributed by atoms with E-state index < -0.39 is 0 Å². The van der Waals surface area contributed by atoms with Crippen LogP contribution in [0.1, 0.15) is 77.5 Å². The number of rotatable bonds is 5. The summed E-state index contributed by atoms with van der Waals surface area (Å²) in [5.74, 6) is 0.755. The van der Waals surface area contributed by atoms with Crippen LogP contribution in [-0.4, -0.2) is 18.6 Å². The molecule has 0 fully saturated rings. The van der Waals surface area contributed by atoms with Gasteiger partial charge >= 0.3 is 0 Å². The van der Waals surface area contributed by atoms with Crippen molar-refractivity contribution in [1.29, 1.82) is 0 Å². The van der Waals surface area contributed by atoms with Gasteiger partial charge in [0.2, 0.25) is 0 Å². The van der Waals surface area contributed by atoms with E-state index in [9.17, 15) is 0 Å². The molecule has 0 heterocycles. The smallest absolute Gasteiger partial charge is 0.120 e. The van der Waals surface area contributed by atoms with Crippen LogP contribution >= 0.6 is 0 Å². The Morgan fingerprint density at radius 2 is 1.56 bits per heavy atom. The maximum atomic E-state index is 4.63. The highest BCUT2D eigenvalue weighted by atomic mass is 14.9. The van der Waals surface area contributed by atoms with Crippen LogP contribution in [0.15, 0.2) is 113 Å². The zero-order valence-corrected chi connectivity index (χ0v) is 24.1. The Balaban J connectivity index is 0.000000631. The third kappa shape index (κ3) is 13.6. The molecule has 1 aliphatic rings. The first-order chi connectivity index (χ1) is 17.3. The average molecular weight is 485 g/mol. The summed E-state index contributed by atoms with van der Waals surface area (Å²) in [6, 6.07) is 18.8. The highest BCUT2D eigenvalue weighted by Crippen LogP contribution is 2.21. The minimum Gasteiger partial charge on any atom is -0.274 e. The van der Waals surface area contributed by atoms with Crippen LogP contribution in [0.25, 0.3) is 0 Å². The van der Waals surface area contributed by atoms with Gasteiger partial charge in [-0.25, -0.2) is 4.99 Å². The topological polar surface area (TPSA) is 24.7 Å². The van der Waals surface area contributed by atoms with Crippen molar-refractivity contribution in [3.63, 3.8) is 0 Å². The largest absolute Gasteiger partial charge is 0.274 e. The lowest BCUT2D eigenvalue weighted by Crippen LogP contribution is -2.09. The molecule has 36 heavy (non-hydrogen) atoms. The molecule has 194 valence electrons. The first kappa shape index (κ1) is 32.7. The van der Waals surface area contributed by atoms with Crippen LogP contribution in [0.3, 0.4) is 0 Å². The second kappa shape index (κ2) is 20.0. The average Bonchev–Trinajstić information content (AvgIpc) is 2.93. The molecule has 0 bridgehead atoms. The summed E-state index contributed by atoms with van der Waals surface area (Å²) in [5, 5.41) is 0. The van der Waals surface area contributed by atoms with Gasteiger partial charge in [-0.1, -0.05) is 118 Å². The van der Waals surface area contributed by atoms with Gasteiger partial charge in [0.15, 0.2) is 0 Å². The van der Waals surface area contributed by atoms with Gasteiger partial charge in [-0.2, -0.15) is 0 Å². The predicted octanol–water partition coefficient (Wildman–Crippen LogP) is 9.91. The van der Waals surface area contributed by atoms with Gasteiger partial charge in [0.25, 0.3) is 0 Å². The van der Waals surface area contributed by atoms with Gasteiger partial charge < -0.3 is 0 Å². The van der Waals surface area contributed by atoms with Crippen LogP contribution in [0, 0.1) is 6.92 Å². The number of hydrogen-bond donors (Lipinski definition) is 0. The number of hydrogen-bond acceptors (Lipinski definition) is 1. The number of aliphatic imine (C=N–C) groups is 2. The van der Waals surface area contributed by atoms with E-state index in [1.54, 1.807) is 7.05 Å². The summed E-state index contributed by atoms with van der Waals surface area (Å²) >= 11 is 0. The van der Waals surface area contributed by atoms with E-state index in [1.165, 1.54) is 16.7 Å². The molecule has 2 nitrogen and oxygen atoms in total. The quantitative estimate of drug-likeness (QED) is 0.229. The van der Waals surface area contributed by atoms with Crippen LogP contribution in [-0.2, 0) is 6.42 Å². The Hall–Kier alpha value is -3.26. The standard InChI is InChI=1S/C18H20N2.C9H12.C5H10.C2H6/c1-14(16-10-6-4-7-11-16)18(20-15(2)19-3)17-12-8-5-9-13-17;1-3-9-6-4-5-8(2)7-9;1-4-5(2)3;1-2/h5-6,8-13H,1,4,7H2,2-3H3;4-7H,3H2,1-2H3;2,4H2,1,3H3;1-2H3. The van der Waals surface area contributed by atoms with E-state index in [-0.39, 0.29) is 0 Å². The van der Waals surface area contributed by atoms with Gasteiger partial charge in [0.1, 0.15) is 5.84 Å². The second-order valence-corrected chi connectivity index (χ2v) is 8.37. The molecule has 0 atom stereocenters. The zero-order valence-electron chi connectivity index (χ0n) is 24.1. The zero-order chi connectivity index (χ0) is 27.3. The SMILES string of the molecule is C=C(C)CC.C=C(C1=CCCC=C1)C(=NC(C)=NC)c1ccccc1.CC.CCc1cccc(C)c1. The number of benzene rings is 2. The number of allylic oxidation sites excluding steroid dienone is 6. The summed E-state index contributed by atoms with van der Waals surface area (Å²) in [5.41, 5.74) is 8.11. The van der Waals surface area contributed by atoms with Crippen LogP contribution < -0.4 is 0 Å². The van der Waals surface area contributed by atoms with Crippen molar-refractivity contribution in [2.75, 3.05) is 7.05 Å². The van der Waals surface area contributed by atoms with E-state index in [4.69, 9.17) is 0 Å². The molecule has 0 aliphatic heterocycles. The minimum absolute atomic E-state index is 0.755. The monoisotopic (exact) mass is 484 g/mol. The molecule has 0 aromatic heterocycles. The number of amidine groups is 1. The summed E-state index contributed by atoms with van der Waals surface area (Å²) in [6.07, 6.45) is 10.9. The third-order valence-electron chi connectivity index (χ3n) is 5.37. The fourth-order valence-corrected chi connectivity index (χ4v) is 3.02. The Kier molecular flexibility index (Phi) is 18.2. The summed E-state index contributed by atoms with van der Waals surface area (Å²) in [4.78, 5) is 8.76. The van der Waals surface area contributed by atoms with Crippen molar-refractivity contribution in [1.82, 2.24) is 0 Å². The molecule has 0 radical (unpaired) electrons. The number of nitrogens with zero attached hydrogens (tertiary/aromatic N) is 2. The second-order valence-electron chi connectivity index (χ2n) is 8.37. The summed E-state index contributed by atoms with van der Waals surface area (Å²) < 4.78 is 0. The Morgan fingerprint density at radius 3 is 2.00 bits per heavy atom. The van der Waals surface area contributed by atoms with Gasteiger partial charge in [-0.15, -0.1) is 6.58 Å². The fourth-order valence-electron chi connectivity index (χ4n) is 3.02. The molecular formula is C34H48N2. The lowest BCUT2D eigenvalue weighted by molar-refractivity contribution is 1.02. The van der Waals surface area contributed by atoms with Gasteiger partial charge in [0, 0.05) is 18.2 Å². The van der Waals surface area contributed by atoms with Crippen molar-refractivity contribution in [2.45, 2.75) is 74.1 Å². The van der Waals surface area contributed by atoms with E-state index in [1.807, 2.05) is 45.9 Å². The molecule has 0 unspecified atom stereocenters. The Labute approximate surface area is 222 Å². The first-order valence-corrected chi connectivity index (χ1v) is 13.2. The molecule has 2 heteroatoms. The molecule has 2 aromatic rings. The highest BCUT2D eigenvalue weighted by molar-refractivity contribution is 6.19. The van der Waals surface area contributed by atoms with Crippen LogP contribution in [0.5, 0.6) is 0 Å². The Bertz CT molecular complexity index is 1030. The predicted molar refractivity (Wildman–Crippen MR) is 165 cm³/mol. The normalized spacial score (nSPS) is 12.5. The molecule has 0 saturated carbocycles. The van der Waals surface area contributed by atoms with E-state index in [2.05, 4.69) is 98.5 Å². The molecule has 0 spiro atoms. The molecule has 0 saturated heterocycles. The molecule has 0 N–H and O–H groups in total. The summed E-state index contributed by atoms with van der Waals surface area (Å²) in [6.45, 7) is 22.2. The highest BCUT2D eigenvalue weighted by Gasteiger charge is 2.12. The molecule has 1 aliphatic carbocycles. The van der Waals surface area contributed by atoms with E-state index in [0.29, 0.717) is 0 Å². The molecule has 0 amide bonds. The molecule has 3 rings (SSSR count). The maximum absolute atomic E-state index is 4.63. The van der Waals surface area contributed by atoms with Gasteiger partial charge in [0.05, 0.1) is 5.71 Å².